The van der Waals surface area contributed by atoms with Gasteiger partial charge in [0.25, 0.3) is 0 Å². The van der Waals surface area contributed by atoms with Crippen LogP contribution in [0.2, 0.25) is 0 Å². The molecule has 0 spiro atoms. The molecule has 0 aromatic rings. The summed E-state index contributed by atoms with van der Waals surface area (Å²) in [6, 6.07) is 0. The van der Waals surface area contributed by atoms with Gasteiger partial charge in [0.15, 0.2) is 0 Å². The quantitative estimate of drug-likeness (QED) is 0.626. The number of hydrogen-bond donors (Lipinski definition) is 2. The summed E-state index contributed by atoms with van der Waals surface area (Å²) in [5, 5.41) is 5.98. The average molecular weight is 271 g/mol. The minimum Gasteiger partial charge on any atom is -0.385 e. The first-order valence-electron chi connectivity index (χ1n) is 6.76. The van der Waals surface area contributed by atoms with Crippen molar-refractivity contribution in [2.45, 2.75) is 31.7 Å². The maximum Gasteiger partial charge on any atom is 0.242 e. The molecular formula is C13H25N3O3. The molecule has 6 heteroatoms. The molecule has 2 N–H and O–H groups in total. The molecule has 0 aromatic carbocycles. The Morgan fingerprint density at radius 2 is 2.21 bits per heavy atom. The third kappa shape index (κ3) is 4.80. The Labute approximate surface area is 114 Å². The SMILES string of the molecule is COCCCNC(=O)CN(C)C(=O)C1(C)CCCN1. The predicted octanol–water partition coefficient (Wildman–Crippen LogP) is -0.260. The van der Waals surface area contributed by atoms with E-state index < -0.39 is 5.54 Å². The van der Waals surface area contributed by atoms with Crippen LogP contribution < -0.4 is 10.6 Å². The monoisotopic (exact) mass is 271 g/mol. The van der Waals surface area contributed by atoms with E-state index in [0.29, 0.717) is 13.2 Å². The number of nitrogens with one attached hydrogen (secondary N) is 2. The second-order valence-corrected chi connectivity index (χ2v) is 5.22. The first-order valence-corrected chi connectivity index (χ1v) is 6.76. The summed E-state index contributed by atoms with van der Waals surface area (Å²) in [7, 11) is 3.30. The van der Waals surface area contributed by atoms with Crippen molar-refractivity contribution in [3.63, 3.8) is 0 Å². The molecule has 0 aliphatic carbocycles. The summed E-state index contributed by atoms with van der Waals surface area (Å²) >= 11 is 0. The highest BCUT2D eigenvalue weighted by molar-refractivity contribution is 5.90. The molecular weight excluding hydrogens is 246 g/mol. The molecule has 0 saturated carbocycles. The number of ether oxygens (including phenoxy) is 1. The zero-order chi connectivity index (χ0) is 14.3. The van der Waals surface area contributed by atoms with Gasteiger partial charge in [0.2, 0.25) is 11.8 Å². The number of rotatable bonds is 7. The van der Waals surface area contributed by atoms with E-state index in [-0.39, 0.29) is 18.4 Å². The molecule has 1 saturated heterocycles. The first-order chi connectivity index (χ1) is 8.99. The standard InChI is InChI=1S/C13H25N3O3/c1-13(6-4-8-15-13)12(18)16(2)10-11(17)14-7-5-9-19-3/h15H,4-10H2,1-3H3,(H,14,17). The van der Waals surface area contributed by atoms with Crippen LogP contribution in [0.15, 0.2) is 0 Å². The summed E-state index contributed by atoms with van der Waals surface area (Å²) in [5.74, 6) is -0.148. The molecule has 1 aliphatic rings. The molecule has 1 heterocycles. The lowest BCUT2D eigenvalue weighted by molar-refractivity contribution is -0.139. The van der Waals surface area contributed by atoms with Crippen LogP contribution in [0.3, 0.4) is 0 Å². The topological polar surface area (TPSA) is 70.7 Å². The van der Waals surface area contributed by atoms with Crippen LogP contribution in [0, 0.1) is 0 Å². The minimum atomic E-state index is -0.509. The van der Waals surface area contributed by atoms with Gasteiger partial charge in [-0.3, -0.25) is 9.59 Å². The van der Waals surface area contributed by atoms with Crippen molar-refractivity contribution in [2.75, 3.05) is 40.4 Å². The number of methoxy groups -OCH3 is 1. The van der Waals surface area contributed by atoms with E-state index in [9.17, 15) is 9.59 Å². The lowest BCUT2D eigenvalue weighted by atomic mass is 9.99. The van der Waals surface area contributed by atoms with Crippen LogP contribution in [0.1, 0.15) is 26.2 Å². The summed E-state index contributed by atoms with van der Waals surface area (Å²) in [6.07, 6.45) is 2.60. The second kappa shape index (κ2) is 7.45. The van der Waals surface area contributed by atoms with Gasteiger partial charge in [0, 0.05) is 27.3 Å². The smallest absolute Gasteiger partial charge is 0.242 e. The summed E-state index contributed by atoms with van der Waals surface area (Å²) in [5.41, 5.74) is -0.509. The van der Waals surface area contributed by atoms with E-state index in [0.717, 1.165) is 25.8 Å². The lowest BCUT2D eigenvalue weighted by Crippen LogP contribution is -2.53. The summed E-state index contributed by atoms with van der Waals surface area (Å²) in [4.78, 5) is 25.4. The van der Waals surface area contributed by atoms with Gasteiger partial charge in [0.05, 0.1) is 12.1 Å². The molecule has 1 rings (SSSR count). The van der Waals surface area contributed by atoms with Crippen LogP contribution in [0.4, 0.5) is 0 Å². The number of carbonyl (C=O) groups excluding carboxylic acids is 2. The first kappa shape index (κ1) is 15.9. The third-order valence-corrected chi connectivity index (χ3v) is 3.42. The zero-order valence-electron chi connectivity index (χ0n) is 12.1. The van der Waals surface area contributed by atoms with Crippen molar-refractivity contribution < 1.29 is 14.3 Å². The number of nitrogens with zero attached hydrogens (tertiary/aromatic N) is 1. The van der Waals surface area contributed by atoms with Gasteiger partial charge in [-0.05, 0) is 32.7 Å². The van der Waals surface area contributed by atoms with Gasteiger partial charge in [-0.2, -0.15) is 0 Å². The largest absolute Gasteiger partial charge is 0.385 e. The molecule has 1 unspecified atom stereocenters. The number of hydrogen-bond acceptors (Lipinski definition) is 4. The van der Waals surface area contributed by atoms with Crippen molar-refractivity contribution in [1.29, 1.82) is 0 Å². The molecule has 1 aliphatic heterocycles. The Morgan fingerprint density at radius 3 is 2.79 bits per heavy atom. The highest BCUT2D eigenvalue weighted by atomic mass is 16.5. The maximum atomic E-state index is 12.2. The van der Waals surface area contributed by atoms with E-state index in [2.05, 4.69) is 10.6 Å². The Hall–Kier alpha value is -1.14. The summed E-state index contributed by atoms with van der Waals surface area (Å²) < 4.78 is 4.90. The normalized spacial score (nSPS) is 22.3. The Bertz CT molecular complexity index is 314. The lowest BCUT2D eigenvalue weighted by Gasteiger charge is -2.28. The van der Waals surface area contributed by atoms with Gasteiger partial charge in [-0.1, -0.05) is 0 Å². The van der Waals surface area contributed by atoms with Crippen molar-refractivity contribution in [2.24, 2.45) is 0 Å². The van der Waals surface area contributed by atoms with Gasteiger partial charge in [-0.25, -0.2) is 0 Å². The fraction of sp³-hybridized carbons (Fsp3) is 0.846. The van der Waals surface area contributed by atoms with Crippen molar-refractivity contribution >= 4 is 11.8 Å². The molecule has 1 atom stereocenters. The van der Waals surface area contributed by atoms with Crippen LogP contribution in [0.25, 0.3) is 0 Å². The van der Waals surface area contributed by atoms with E-state index in [1.165, 1.54) is 4.90 Å². The van der Waals surface area contributed by atoms with Crippen molar-refractivity contribution in [3.05, 3.63) is 0 Å². The zero-order valence-corrected chi connectivity index (χ0v) is 12.1. The number of likely N-dealkylation sites (N-methyl/N-ethyl adjacent to an activating group) is 1. The molecule has 0 radical (unpaired) electrons. The van der Waals surface area contributed by atoms with Crippen LogP contribution in [-0.4, -0.2) is 62.7 Å². The highest BCUT2D eigenvalue weighted by Crippen LogP contribution is 2.20. The van der Waals surface area contributed by atoms with Gasteiger partial charge < -0.3 is 20.3 Å². The van der Waals surface area contributed by atoms with E-state index in [4.69, 9.17) is 4.74 Å². The molecule has 0 bridgehead atoms. The van der Waals surface area contributed by atoms with E-state index >= 15 is 0 Å². The molecule has 2 amide bonds. The second-order valence-electron chi connectivity index (χ2n) is 5.22. The van der Waals surface area contributed by atoms with E-state index in [1.54, 1.807) is 14.2 Å². The van der Waals surface area contributed by atoms with Crippen LogP contribution in [0.5, 0.6) is 0 Å². The maximum absolute atomic E-state index is 12.2. The Morgan fingerprint density at radius 1 is 1.47 bits per heavy atom. The van der Waals surface area contributed by atoms with Gasteiger partial charge >= 0.3 is 0 Å². The van der Waals surface area contributed by atoms with Gasteiger partial charge in [-0.15, -0.1) is 0 Å². The molecule has 110 valence electrons. The number of carbonyl (C=O) groups is 2. The molecule has 19 heavy (non-hydrogen) atoms. The van der Waals surface area contributed by atoms with Crippen molar-refractivity contribution in [3.8, 4) is 0 Å². The Balaban J connectivity index is 2.31. The molecule has 6 nitrogen and oxygen atoms in total. The van der Waals surface area contributed by atoms with Crippen LogP contribution in [-0.2, 0) is 14.3 Å². The van der Waals surface area contributed by atoms with E-state index in [1.807, 2.05) is 6.92 Å². The fourth-order valence-electron chi connectivity index (χ4n) is 2.29. The van der Waals surface area contributed by atoms with Crippen LogP contribution >= 0.6 is 0 Å². The summed E-state index contributed by atoms with van der Waals surface area (Å²) in [6.45, 7) is 4.05. The average Bonchev–Trinajstić information content (AvgIpc) is 2.82. The minimum absolute atomic E-state index is 0.0166. The fourth-order valence-corrected chi connectivity index (χ4v) is 2.29. The Kier molecular flexibility index (Phi) is 6.24. The third-order valence-electron chi connectivity index (χ3n) is 3.42. The van der Waals surface area contributed by atoms with Gasteiger partial charge in [0.1, 0.15) is 0 Å². The van der Waals surface area contributed by atoms with Crippen molar-refractivity contribution in [1.82, 2.24) is 15.5 Å². The molecule has 1 fully saturated rings. The predicted molar refractivity (Wildman–Crippen MR) is 72.8 cm³/mol. The molecule has 0 aromatic heterocycles. The highest BCUT2D eigenvalue weighted by Gasteiger charge is 2.38. The number of amides is 2.